The van der Waals surface area contributed by atoms with Crippen molar-refractivity contribution in [2.45, 2.75) is 122 Å². The molecule has 0 N–H and O–H groups in total. The first kappa shape index (κ1) is 23.2. The van der Waals surface area contributed by atoms with Gasteiger partial charge in [0.25, 0.3) is 0 Å². The third-order valence-corrected chi connectivity index (χ3v) is 5.61. The van der Waals surface area contributed by atoms with Crippen LogP contribution in [0.5, 0.6) is 0 Å². The smallest absolute Gasteiger partial charge is 0.222 e. The Kier molecular flexibility index (Phi) is 15.8. The molecule has 0 aliphatic carbocycles. The van der Waals surface area contributed by atoms with Gasteiger partial charge in [0.15, 0.2) is 0 Å². The molecule has 1 saturated heterocycles. The molecule has 1 rings (SSSR count). The first-order valence-corrected chi connectivity index (χ1v) is 11.8. The summed E-state index contributed by atoms with van der Waals surface area (Å²) in [6.07, 6.45) is 27.7. The molecule has 0 aromatic heterocycles. The van der Waals surface area contributed by atoms with Crippen LogP contribution in [0.4, 0.5) is 0 Å². The summed E-state index contributed by atoms with van der Waals surface area (Å²) in [6.45, 7) is 4.28. The molecule has 0 bridgehead atoms. The third kappa shape index (κ3) is 13.4. The molecule has 0 atom stereocenters. The van der Waals surface area contributed by atoms with Crippen LogP contribution in [0.3, 0.4) is 0 Å². The number of carbonyl (C=O) groups excluding carboxylic acids is 1. The lowest BCUT2D eigenvalue weighted by atomic mass is 10.1. The van der Waals surface area contributed by atoms with Crippen molar-refractivity contribution in [3.63, 3.8) is 0 Å². The van der Waals surface area contributed by atoms with E-state index in [2.05, 4.69) is 24.0 Å². The molecule has 2 nitrogen and oxygen atoms in total. The Morgan fingerprint density at radius 3 is 1.77 bits per heavy atom. The van der Waals surface area contributed by atoms with Gasteiger partial charge in [-0.25, -0.2) is 0 Å². The van der Waals surface area contributed by atoms with Crippen molar-refractivity contribution in [3.8, 4) is 0 Å². The number of hydrogen-bond donors (Lipinski definition) is 0. The van der Waals surface area contributed by atoms with E-state index in [-0.39, 0.29) is 0 Å². The van der Waals surface area contributed by atoms with Gasteiger partial charge in [-0.1, -0.05) is 83.3 Å². The zero-order chi connectivity index (χ0) is 18.7. The topological polar surface area (TPSA) is 20.3 Å². The monoisotopic (exact) mass is 363 g/mol. The summed E-state index contributed by atoms with van der Waals surface area (Å²) in [6, 6.07) is 0. The highest BCUT2D eigenvalue weighted by molar-refractivity contribution is 5.76. The number of hydrogen-bond acceptors (Lipinski definition) is 1. The van der Waals surface area contributed by atoms with E-state index in [0.717, 1.165) is 25.9 Å². The maximum Gasteiger partial charge on any atom is 0.222 e. The summed E-state index contributed by atoms with van der Waals surface area (Å²) in [5, 5.41) is 0. The van der Waals surface area contributed by atoms with E-state index in [1.807, 2.05) is 0 Å². The highest BCUT2D eigenvalue weighted by atomic mass is 16.2. The quantitative estimate of drug-likeness (QED) is 0.219. The SMILES string of the molecule is CCCCCCCCC=CCCCCCCCC(=O)N1CCCCCC1. The van der Waals surface area contributed by atoms with Crippen LogP contribution in [0, 0.1) is 0 Å². The predicted octanol–water partition coefficient (Wildman–Crippen LogP) is 7.43. The van der Waals surface area contributed by atoms with Crippen molar-refractivity contribution in [2.24, 2.45) is 0 Å². The first-order chi connectivity index (χ1) is 12.8. The van der Waals surface area contributed by atoms with Crippen molar-refractivity contribution >= 4 is 5.91 Å². The Morgan fingerprint density at radius 2 is 1.19 bits per heavy atom. The number of carbonyl (C=O) groups is 1. The van der Waals surface area contributed by atoms with Crippen molar-refractivity contribution < 1.29 is 4.79 Å². The molecule has 0 radical (unpaired) electrons. The largest absolute Gasteiger partial charge is 0.343 e. The Bertz CT molecular complexity index is 342. The van der Waals surface area contributed by atoms with Gasteiger partial charge >= 0.3 is 0 Å². The maximum atomic E-state index is 12.2. The fourth-order valence-corrected chi connectivity index (χ4v) is 3.83. The lowest BCUT2D eigenvalue weighted by Crippen LogP contribution is -2.31. The van der Waals surface area contributed by atoms with Gasteiger partial charge in [-0.3, -0.25) is 4.79 Å². The van der Waals surface area contributed by atoms with E-state index in [1.54, 1.807) is 0 Å². The third-order valence-electron chi connectivity index (χ3n) is 5.61. The molecule has 1 aliphatic rings. The Balaban J connectivity index is 1.82. The van der Waals surface area contributed by atoms with Crippen LogP contribution in [0.15, 0.2) is 12.2 Å². The molecule has 1 amide bonds. The first-order valence-electron chi connectivity index (χ1n) is 11.8. The van der Waals surface area contributed by atoms with Crippen LogP contribution in [-0.4, -0.2) is 23.9 Å². The summed E-state index contributed by atoms with van der Waals surface area (Å²) < 4.78 is 0. The summed E-state index contributed by atoms with van der Waals surface area (Å²) in [5.74, 6) is 0.407. The van der Waals surface area contributed by atoms with Crippen molar-refractivity contribution in [1.29, 1.82) is 0 Å². The average molecular weight is 364 g/mol. The summed E-state index contributed by atoms with van der Waals surface area (Å²) >= 11 is 0. The lowest BCUT2D eigenvalue weighted by molar-refractivity contribution is -0.131. The van der Waals surface area contributed by atoms with Crippen LogP contribution in [0.1, 0.15) is 122 Å². The highest BCUT2D eigenvalue weighted by Gasteiger charge is 2.14. The van der Waals surface area contributed by atoms with Crippen molar-refractivity contribution in [3.05, 3.63) is 12.2 Å². The van der Waals surface area contributed by atoms with Crippen LogP contribution < -0.4 is 0 Å². The molecule has 2 heteroatoms. The van der Waals surface area contributed by atoms with E-state index in [9.17, 15) is 4.79 Å². The molecule has 0 saturated carbocycles. The molecular weight excluding hydrogens is 318 g/mol. The van der Waals surface area contributed by atoms with Crippen molar-refractivity contribution in [1.82, 2.24) is 4.90 Å². The van der Waals surface area contributed by atoms with Crippen LogP contribution in [-0.2, 0) is 4.79 Å². The van der Waals surface area contributed by atoms with Crippen LogP contribution in [0.2, 0.25) is 0 Å². The number of nitrogens with zero attached hydrogens (tertiary/aromatic N) is 1. The van der Waals surface area contributed by atoms with Crippen LogP contribution in [0.25, 0.3) is 0 Å². The van der Waals surface area contributed by atoms with E-state index < -0.39 is 0 Å². The molecule has 0 spiro atoms. The zero-order valence-corrected chi connectivity index (χ0v) is 17.7. The second kappa shape index (κ2) is 17.6. The average Bonchev–Trinajstić information content (AvgIpc) is 2.94. The molecule has 1 heterocycles. The molecule has 0 aromatic rings. The van der Waals surface area contributed by atoms with Gasteiger partial charge in [0.2, 0.25) is 5.91 Å². The van der Waals surface area contributed by atoms with Gasteiger partial charge in [-0.15, -0.1) is 0 Å². The molecule has 0 unspecified atom stereocenters. The minimum absolute atomic E-state index is 0.407. The fraction of sp³-hybridized carbons (Fsp3) is 0.875. The van der Waals surface area contributed by atoms with E-state index in [1.165, 1.54) is 103 Å². The molecule has 1 aliphatic heterocycles. The minimum atomic E-state index is 0.407. The second-order valence-electron chi connectivity index (χ2n) is 8.13. The van der Waals surface area contributed by atoms with Crippen LogP contribution >= 0.6 is 0 Å². The predicted molar refractivity (Wildman–Crippen MR) is 115 cm³/mol. The number of allylic oxidation sites excluding steroid dienone is 2. The fourth-order valence-electron chi connectivity index (χ4n) is 3.83. The van der Waals surface area contributed by atoms with E-state index >= 15 is 0 Å². The zero-order valence-electron chi connectivity index (χ0n) is 17.7. The standard InChI is InChI=1S/C24H45NO/c1-2-3-4-5-6-7-8-9-10-11-12-13-14-15-18-21-24(26)25-22-19-16-17-20-23-25/h9-10H,2-8,11-23H2,1H3. The lowest BCUT2D eigenvalue weighted by Gasteiger charge is -2.20. The number of rotatable bonds is 15. The molecule has 1 fully saturated rings. The van der Waals surface area contributed by atoms with Gasteiger partial charge in [0.1, 0.15) is 0 Å². The molecule has 0 aromatic carbocycles. The Hall–Kier alpha value is -0.790. The number of likely N-dealkylation sites (tertiary alicyclic amines) is 1. The number of unbranched alkanes of at least 4 members (excludes halogenated alkanes) is 11. The van der Waals surface area contributed by atoms with Gasteiger partial charge in [-0.05, 0) is 44.9 Å². The normalized spacial score (nSPS) is 15.5. The van der Waals surface area contributed by atoms with Gasteiger partial charge in [0.05, 0.1) is 0 Å². The van der Waals surface area contributed by atoms with E-state index in [4.69, 9.17) is 0 Å². The molecule has 152 valence electrons. The maximum absolute atomic E-state index is 12.2. The molecule has 26 heavy (non-hydrogen) atoms. The second-order valence-corrected chi connectivity index (χ2v) is 8.13. The number of amides is 1. The summed E-state index contributed by atoms with van der Waals surface area (Å²) in [7, 11) is 0. The summed E-state index contributed by atoms with van der Waals surface area (Å²) in [4.78, 5) is 14.3. The highest BCUT2D eigenvalue weighted by Crippen LogP contribution is 2.13. The van der Waals surface area contributed by atoms with Gasteiger partial charge in [-0.2, -0.15) is 0 Å². The van der Waals surface area contributed by atoms with Gasteiger partial charge < -0.3 is 4.90 Å². The molecular formula is C24H45NO. The summed E-state index contributed by atoms with van der Waals surface area (Å²) in [5.41, 5.74) is 0. The van der Waals surface area contributed by atoms with Crippen molar-refractivity contribution in [2.75, 3.05) is 13.1 Å². The van der Waals surface area contributed by atoms with E-state index in [0.29, 0.717) is 5.91 Å². The Morgan fingerprint density at radius 1 is 0.692 bits per heavy atom. The Labute approximate surface area is 163 Å². The minimum Gasteiger partial charge on any atom is -0.343 e. The van der Waals surface area contributed by atoms with Gasteiger partial charge in [0, 0.05) is 19.5 Å².